The number of fused-ring (bicyclic) bond motifs is 2. The molecular weight excluding hydrogens is 489 g/mol. The minimum atomic E-state index is -4.46. The lowest BCUT2D eigenvalue weighted by Crippen LogP contribution is -2.34. The van der Waals surface area contributed by atoms with Gasteiger partial charge in [-0.25, -0.2) is 15.0 Å². The number of anilines is 4. The Hall–Kier alpha value is -3.36. The van der Waals surface area contributed by atoms with Crippen LogP contribution in [0.3, 0.4) is 0 Å². The lowest BCUT2D eigenvalue weighted by molar-refractivity contribution is -0.137. The number of pyridine rings is 1. The molecule has 0 bridgehead atoms. The van der Waals surface area contributed by atoms with E-state index >= 15 is 0 Å². The number of alkyl halides is 3. The van der Waals surface area contributed by atoms with E-state index in [4.69, 9.17) is 9.97 Å². The number of benzene rings is 1. The first kappa shape index (κ1) is 26.3. The Kier molecular flexibility index (Phi) is 6.73. The van der Waals surface area contributed by atoms with Crippen molar-refractivity contribution in [3.63, 3.8) is 0 Å². The van der Waals surface area contributed by atoms with Crippen molar-refractivity contribution in [1.29, 1.82) is 0 Å². The average Bonchev–Trinajstić information content (AvgIpc) is 3.09. The van der Waals surface area contributed by atoms with Gasteiger partial charge in [0.2, 0.25) is 0 Å². The number of hydrogen-bond donors (Lipinski definition) is 1. The van der Waals surface area contributed by atoms with Crippen molar-refractivity contribution in [3.8, 4) is 0 Å². The molecule has 0 fully saturated rings. The molecule has 2 aliphatic rings. The molecule has 5 rings (SSSR count). The standard InChI is InChI=1S/C29H35F3N6/c1-18(2)25-35-23-11-15-38(27-22(29(30,31)32)7-6-13-33-27)14-10-20(23)26(36-25)34-19-8-9-21-24(17-19)37(5)16-12-28(21,3)4/h6-9,13,17-18H,10-12,14-16H2,1-5H3,(H,34,35,36). The molecule has 0 aliphatic carbocycles. The van der Waals surface area contributed by atoms with Gasteiger partial charge >= 0.3 is 6.18 Å². The van der Waals surface area contributed by atoms with Gasteiger partial charge < -0.3 is 15.1 Å². The van der Waals surface area contributed by atoms with Crippen LogP contribution in [-0.4, -0.2) is 41.6 Å². The molecule has 2 aliphatic heterocycles. The van der Waals surface area contributed by atoms with Gasteiger partial charge in [0.25, 0.3) is 0 Å². The average molecular weight is 525 g/mol. The van der Waals surface area contributed by atoms with Gasteiger partial charge in [-0.3, -0.25) is 0 Å². The van der Waals surface area contributed by atoms with Gasteiger partial charge in [0, 0.05) is 62.2 Å². The van der Waals surface area contributed by atoms with Crippen molar-refractivity contribution < 1.29 is 13.2 Å². The van der Waals surface area contributed by atoms with Crippen LogP contribution in [0.1, 0.15) is 68.2 Å². The molecule has 9 heteroatoms. The van der Waals surface area contributed by atoms with Crippen molar-refractivity contribution in [1.82, 2.24) is 15.0 Å². The summed E-state index contributed by atoms with van der Waals surface area (Å²) in [5, 5.41) is 3.55. The van der Waals surface area contributed by atoms with Gasteiger partial charge in [-0.2, -0.15) is 13.2 Å². The second kappa shape index (κ2) is 9.75. The van der Waals surface area contributed by atoms with E-state index in [9.17, 15) is 13.2 Å². The molecule has 38 heavy (non-hydrogen) atoms. The molecule has 6 nitrogen and oxygen atoms in total. The first-order chi connectivity index (χ1) is 17.9. The molecular formula is C29H35F3N6. The van der Waals surface area contributed by atoms with Crippen LogP contribution in [0.5, 0.6) is 0 Å². The summed E-state index contributed by atoms with van der Waals surface area (Å²) < 4.78 is 41.1. The summed E-state index contributed by atoms with van der Waals surface area (Å²) in [6.45, 7) is 10.5. The zero-order valence-corrected chi connectivity index (χ0v) is 22.7. The summed E-state index contributed by atoms with van der Waals surface area (Å²) in [7, 11) is 2.12. The summed E-state index contributed by atoms with van der Waals surface area (Å²) in [4.78, 5) is 17.9. The van der Waals surface area contributed by atoms with Crippen LogP contribution in [0, 0.1) is 0 Å². The van der Waals surface area contributed by atoms with Crippen molar-refractivity contribution >= 4 is 23.0 Å². The molecule has 0 atom stereocenters. The molecule has 2 aromatic heterocycles. The highest BCUT2D eigenvalue weighted by Crippen LogP contribution is 2.41. The minimum Gasteiger partial charge on any atom is -0.374 e. The quantitative estimate of drug-likeness (QED) is 0.422. The van der Waals surface area contributed by atoms with Crippen LogP contribution in [-0.2, 0) is 24.4 Å². The van der Waals surface area contributed by atoms with Gasteiger partial charge in [0.1, 0.15) is 17.5 Å². The van der Waals surface area contributed by atoms with Crippen LogP contribution >= 0.6 is 0 Å². The summed E-state index contributed by atoms with van der Waals surface area (Å²) in [5.74, 6) is 1.54. The Morgan fingerprint density at radius 2 is 1.79 bits per heavy atom. The van der Waals surface area contributed by atoms with E-state index < -0.39 is 11.7 Å². The van der Waals surface area contributed by atoms with Crippen molar-refractivity contribution in [2.45, 2.75) is 64.5 Å². The largest absolute Gasteiger partial charge is 0.419 e. The number of halogens is 3. The van der Waals surface area contributed by atoms with Gasteiger partial charge in [-0.1, -0.05) is 33.8 Å². The number of nitrogens with zero attached hydrogens (tertiary/aromatic N) is 5. The molecule has 1 N–H and O–H groups in total. The number of rotatable bonds is 4. The fourth-order valence-electron chi connectivity index (χ4n) is 5.40. The van der Waals surface area contributed by atoms with E-state index in [1.165, 1.54) is 23.5 Å². The second-order valence-electron chi connectivity index (χ2n) is 11.3. The monoisotopic (exact) mass is 524 g/mol. The highest BCUT2D eigenvalue weighted by Gasteiger charge is 2.36. The van der Waals surface area contributed by atoms with E-state index in [-0.39, 0.29) is 17.2 Å². The third kappa shape index (κ3) is 5.02. The minimum absolute atomic E-state index is 0.0281. The third-order valence-electron chi connectivity index (χ3n) is 7.74. The van der Waals surface area contributed by atoms with Crippen molar-refractivity contribution in [2.75, 3.05) is 41.8 Å². The number of aromatic nitrogens is 3. The van der Waals surface area contributed by atoms with Gasteiger partial charge in [-0.05, 0) is 48.1 Å². The molecule has 202 valence electrons. The van der Waals surface area contributed by atoms with Gasteiger partial charge in [0.15, 0.2) is 0 Å². The highest BCUT2D eigenvalue weighted by atomic mass is 19.4. The number of hydrogen-bond acceptors (Lipinski definition) is 6. The van der Waals surface area contributed by atoms with E-state index in [1.54, 1.807) is 4.90 Å². The molecule has 0 amide bonds. The van der Waals surface area contributed by atoms with Crippen LogP contribution in [0.2, 0.25) is 0 Å². The maximum Gasteiger partial charge on any atom is 0.419 e. The molecule has 0 radical (unpaired) electrons. The zero-order chi connectivity index (χ0) is 27.2. The predicted molar refractivity (Wildman–Crippen MR) is 146 cm³/mol. The zero-order valence-electron chi connectivity index (χ0n) is 22.7. The van der Waals surface area contributed by atoms with Crippen LogP contribution in [0.15, 0.2) is 36.5 Å². The lowest BCUT2D eigenvalue weighted by atomic mass is 9.78. The maximum absolute atomic E-state index is 13.7. The maximum atomic E-state index is 13.7. The Morgan fingerprint density at radius 1 is 1.03 bits per heavy atom. The van der Waals surface area contributed by atoms with Crippen molar-refractivity contribution in [3.05, 3.63) is 64.7 Å². The van der Waals surface area contributed by atoms with E-state index in [0.29, 0.717) is 25.9 Å². The summed E-state index contributed by atoms with van der Waals surface area (Å²) >= 11 is 0. The Morgan fingerprint density at radius 3 is 2.53 bits per heavy atom. The summed E-state index contributed by atoms with van der Waals surface area (Å²) in [6, 6.07) is 8.89. The Balaban J connectivity index is 1.49. The molecule has 4 heterocycles. The first-order valence-corrected chi connectivity index (χ1v) is 13.2. The predicted octanol–water partition coefficient (Wildman–Crippen LogP) is 6.48. The van der Waals surface area contributed by atoms with Crippen LogP contribution < -0.4 is 15.1 Å². The number of nitrogens with one attached hydrogen (secondary N) is 1. The highest BCUT2D eigenvalue weighted by molar-refractivity contribution is 5.70. The third-order valence-corrected chi connectivity index (χ3v) is 7.74. The molecule has 0 unspecified atom stereocenters. The van der Waals surface area contributed by atoms with Gasteiger partial charge in [0.05, 0.1) is 11.3 Å². The lowest BCUT2D eigenvalue weighted by Gasteiger charge is -2.38. The normalized spacial score (nSPS) is 17.2. The molecule has 3 aromatic rings. The van der Waals surface area contributed by atoms with E-state index in [1.807, 2.05) is 13.8 Å². The fraction of sp³-hybridized carbons (Fsp3) is 0.483. The first-order valence-electron chi connectivity index (χ1n) is 13.2. The summed E-state index contributed by atoms with van der Waals surface area (Å²) in [5.41, 5.74) is 4.71. The summed E-state index contributed by atoms with van der Waals surface area (Å²) in [6.07, 6.45) is -0.915. The molecule has 0 saturated heterocycles. The molecule has 1 aromatic carbocycles. The van der Waals surface area contributed by atoms with Crippen molar-refractivity contribution in [2.24, 2.45) is 0 Å². The topological polar surface area (TPSA) is 57.2 Å². The molecule has 0 spiro atoms. The molecule has 0 saturated carbocycles. The smallest absolute Gasteiger partial charge is 0.374 e. The van der Waals surface area contributed by atoms with Gasteiger partial charge in [-0.15, -0.1) is 0 Å². The Bertz CT molecular complexity index is 1330. The van der Waals surface area contributed by atoms with Crippen LogP contribution in [0.4, 0.5) is 36.2 Å². The fourth-order valence-corrected chi connectivity index (χ4v) is 5.40. The van der Waals surface area contributed by atoms with Crippen LogP contribution in [0.25, 0.3) is 0 Å². The second-order valence-corrected chi connectivity index (χ2v) is 11.3. The SMILES string of the molecule is CC(C)c1nc2c(c(Nc3ccc4c(c3)N(C)CCC4(C)C)n1)CCN(c1ncccc1C(F)(F)F)CC2. The van der Waals surface area contributed by atoms with E-state index in [0.717, 1.165) is 47.6 Å². The Labute approximate surface area is 222 Å². The van der Waals surface area contributed by atoms with E-state index in [2.05, 4.69) is 54.3 Å².